The lowest BCUT2D eigenvalue weighted by molar-refractivity contribution is -0.138. The maximum Gasteiger partial charge on any atom is 0.391 e. The lowest BCUT2D eigenvalue weighted by atomic mass is 10.1. The molecule has 1 rings (SSSR count). The van der Waals surface area contributed by atoms with Crippen molar-refractivity contribution in [1.29, 1.82) is 0 Å². The number of anilines is 1. The van der Waals surface area contributed by atoms with Gasteiger partial charge in [0.25, 0.3) is 5.91 Å². The lowest BCUT2D eigenvalue weighted by Crippen LogP contribution is -2.36. The molecule has 1 aromatic heterocycles. The summed E-state index contributed by atoms with van der Waals surface area (Å²) in [4.78, 5) is 16.3. The average molecular weight is 303 g/mol. The number of carbonyl (C=O) groups is 1. The number of alkyl halides is 3. The predicted molar refractivity (Wildman–Crippen MR) is 75.4 cm³/mol. The number of halogens is 3. The molecule has 0 saturated carbocycles. The Balaban J connectivity index is 2.83. The van der Waals surface area contributed by atoms with Gasteiger partial charge in [-0.25, -0.2) is 4.98 Å². The zero-order valence-corrected chi connectivity index (χ0v) is 12.3. The molecule has 1 atom stereocenters. The molecule has 0 fully saturated rings. The molecule has 21 heavy (non-hydrogen) atoms. The Bertz CT molecular complexity index is 489. The van der Waals surface area contributed by atoms with E-state index in [1.165, 1.54) is 13.0 Å². The lowest BCUT2D eigenvalue weighted by Gasteiger charge is -2.16. The Hall–Kier alpha value is -1.79. The third-order valence-corrected chi connectivity index (χ3v) is 2.78. The molecule has 0 saturated heterocycles. The van der Waals surface area contributed by atoms with E-state index in [-0.39, 0.29) is 0 Å². The van der Waals surface area contributed by atoms with Crippen LogP contribution in [0.1, 0.15) is 43.2 Å². The molecule has 0 aliphatic carbocycles. The minimum Gasteiger partial charge on any atom is -0.370 e. The fourth-order valence-corrected chi connectivity index (χ4v) is 1.88. The highest BCUT2D eigenvalue weighted by atomic mass is 19.4. The molecule has 0 aliphatic heterocycles. The highest BCUT2D eigenvalue weighted by Crippen LogP contribution is 2.21. The number of rotatable bonds is 6. The molecule has 1 aromatic rings. The molecule has 118 valence electrons. The molecule has 0 bridgehead atoms. The summed E-state index contributed by atoms with van der Waals surface area (Å²) in [6.45, 7) is 5.77. The van der Waals surface area contributed by atoms with E-state index in [1.807, 2.05) is 13.8 Å². The van der Waals surface area contributed by atoms with Crippen molar-refractivity contribution in [2.75, 3.05) is 11.9 Å². The number of nitrogens with one attached hydrogen (secondary N) is 2. The molecule has 1 amide bonds. The molecule has 0 spiro atoms. The van der Waals surface area contributed by atoms with Crippen molar-refractivity contribution in [1.82, 2.24) is 10.3 Å². The van der Waals surface area contributed by atoms with Gasteiger partial charge < -0.3 is 10.6 Å². The molecular weight excluding hydrogens is 283 g/mol. The number of pyridine rings is 1. The fourth-order valence-electron chi connectivity index (χ4n) is 1.88. The summed E-state index contributed by atoms with van der Waals surface area (Å²) in [5.41, 5.74) is 1.02. The van der Waals surface area contributed by atoms with E-state index in [0.717, 1.165) is 0 Å². The summed E-state index contributed by atoms with van der Waals surface area (Å²) in [6, 6.07) is 2.16. The van der Waals surface area contributed by atoms with Crippen LogP contribution in [-0.4, -0.2) is 29.7 Å². The quantitative estimate of drug-likeness (QED) is 0.849. The first kappa shape index (κ1) is 17.3. The standard InChI is InChI=1S/C14H20F3N3O/c1-4-11-6-10(7-12(20-11)18-5-2)13(21)19-9(3)8-14(15,16)17/h6-7,9H,4-5,8H2,1-3H3,(H,18,20)(H,19,21). The summed E-state index contributed by atoms with van der Waals surface area (Å²) in [5.74, 6) is 0.0217. The maximum atomic E-state index is 12.3. The molecule has 1 heterocycles. The van der Waals surface area contributed by atoms with E-state index in [0.29, 0.717) is 30.0 Å². The summed E-state index contributed by atoms with van der Waals surface area (Å²) >= 11 is 0. The van der Waals surface area contributed by atoms with Crippen molar-refractivity contribution in [3.63, 3.8) is 0 Å². The first-order valence-electron chi connectivity index (χ1n) is 6.87. The van der Waals surface area contributed by atoms with Crippen LogP contribution in [0.25, 0.3) is 0 Å². The number of amides is 1. The van der Waals surface area contributed by atoms with Crippen LogP contribution in [0.4, 0.5) is 19.0 Å². The van der Waals surface area contributed by atoms with Gasteiger partial charge in [0.15, 0.2) is 0 Å². The summed E-state index contributed by atoms with van der Waals surface area (Å²) in [5, 5.41) is 5.36. The van der Waals surface area contributed by atoms with Gasteiger partial charge in [-0.3, -0.25) is 4.79 Å². The van der Waals surface area contributed by atoms with Crippen LogP contribution in [-0.2, 0) is 6.42 Å². The van der Waals surface area contributed by atoms with Crippen molar-refractivity contribution in [3.05, 3.63) is 23.4 Å². The first-order valence-corrected chi connectivity index (χ1v) is 6.87. The molecule has 4 nitrogen and oxygen atoms in total. The van der Waals surface area contributed by atoms with Crippen molar-refractivity contribution >= 4 is 11.7 Å². The molecular formula is C14H20F3N3O. The van der Waals surface area contributed by atoms with E-state index < -0.39 is 24.5 Å². The first-order chi connectivity index (χ1) is 9.75. The monoisotopic (exact) mass is 303 g/mol. The van der Waals surface area contributed by atoms with Crippen molar-refractivity contribution in [2.45, 2.75) is 45.8 Å². The van der Waals surface area contributed by atoms with Gasteiger partial charge in [0.1, 0.15) is 5.82 Å². The molecule has 0 aliphatic rings. The summed E-state index contributed by atoms with van der Waals surface area (Å²) in [7, 11) is 0. The van der Waals surface area contributed by atoms with Gasteiger partial charge >= 0.3 is 6.18 Å². The zero-order valence-electron chi connectivity index (χ0n) is 12.3. The third kappa shape index (κ3) is 6.01. The van der Waals surface area contributed by atoms with Gasteiger partial charge in [-0.2, -0.15) is 13.2 Å². The van der Waals surface area contributed by atoms with Crippen LogP contribution in [0.2, 0.25) is 0 Å². The Kier molecular flexibility index (Phi) is 5.99. The number of hydrogen-bond acceptors (Lipinski definition) is 3. The second kappa shape index (κ2) is 7.28. The van der Waals surface area contributed by atoms with Gasteiger partial charge in [0.2, 0.25) is 0 Å². The fraction of sp³-hybridized carbons (Fsp3) is 0.571. The Morgan fingerprint density at radius 2 is 2.00 bits per heavy atom. The van der Waals surface area contributed by atoms with Gasteiger partial charge in [0, 0.05) is 23.8 Å². The second-order valence-electron chi connectivity index (χ2n) is 4.81. The second-order valence-corrected chi connectivity index (χ2v) is 4.81. The Morgan fingerprint density at radius 1 is 1.33 bits per heavy atom. The number of carbonyl (C=O) groups excluding carboxylic acids is 1. The number of aromatic nitrogens is 1. The smallest absolute Gasteiger partial charge is 0.370 e. The predicted octanol–water partition coefficient (Wildman–Crippen LogP) is 3.15. The van der Waals surface area contributed by atoms with Gasteiger partial charge in [0.05, 0.1) is 6.42 Å². The minimum atomic E-state index is -4.30. The van der Waals surface area contributed by atoms with Gasteiger partial charge in [-0.15, -0.1) is 0 Å². The third-order valence-electron chi connectivity index (χ3n) is 2.78. The van der Waals surface area contributed by atoms with E-state index in [9.17, 15) is 18.0 Å². The largest absolute Gasteiger partial charge is 0.391 e. The van der Waals surface area contributed by atoms with E-state index in [1.54, 1.807) is 6.07 Å². The Labute approximate surface area is 122 Å². The van der Waals surface area contributed by atoms with Crippen LogP contribution in [0.3, 0.4) is 0 Å². The highest BCUT2D eigenvalue weighted by molar-refractivity contribution is 5.95. The number of aryl methyl sites for hydroxylation is 1. The van der Waals surface area contributed by atoms with Crippen LogP contribution >= 0.6 is 0 Å². The molecule has 0 aromatic carbocycles. The summed E-state index contributed by atoms with van der Waals surface area (Å²) < 4.78 is 36.8. The minimum absolute atomic E-state index is 0.312. The van der Waals surface area contributed by atoms with Crippen LogP contribution in [0, 0.1) is 0 Å². The van der Waals surface area contributed by atoms with Crippen LogP contribution in [0.5, 0.6) is 0 Å². The Morgan fingerprint density at radius 3 is 2.52 bits per heavy atom. The van der Waals surface area contributed by atoms with Crippen molar-refractivity contribution < 1.29 is 18.0 Å². The number of nitrogens with zero attached hydrogens (tertiary/aromatic N) is 1. The van der Waals surface area contributed by atoms with Crippen molar-refractivity contribution in [3.8, 4) is 0 Å². The van der Waals surface area contributed by atoms with E-state index in [4.69, 9.17) is 0 Å². The normalized spacial score (nSPS) is 12.9. The van der Waals surface area contributed by atoms with E-state index in [2.05, 4.69) is 15.6 Å². The van der Waals surface area contributed by atoms with Gasteiger partial charge in [-0.05, 0) is 32.4 Å². The van der Waals surface area contributed by atoms with Crippen LogP contribution in [0.15, 0.2) is 12.1 Å². The molecule has 0 radical (unpaired) electrons. The van der Waals surface area contributed by atoms with Crippen LogP contribution < -0.4 is 10.6 Å². The average Bonchev–Trinajstić information content (AvgIpc) is 2.36. The van der Waals surface area contributed by atoms with Crippen molar-refractivity contribution in [2.24, 2.45) is 0 Å². The van der Waals surface area contributed by atoms with E-state index >= 15 is 0 Å². The summed E-state index contributed by atoms with van der Waals surface area (Å²) in [6.07, 6.45) is -4.71. The topological polar surface area (TPSA) is 54.0 Å². The van der Waals surface area contributed by atoms with Gasteiger partial charge in [-0.1, -0.05) is 6.92 Å². The zero-order chi connectivity index (χ0) is 16.0. The molecule has 1 unspecified atom stereocenters. The molecule has 7 heteroatoms. The number of hydrogen-bond donors (Lipinski definition) is 2. The highest BCUT2D eigenvalue weighted by Gasteiger charge is 2.30. The SMILES string of the molecule is CCNc1cc(C(=O)NC(C)CC(F)(F)F)cc(CC)n1. The maximum absolute atomic E-state index is 12.3. The molecule has 2 N–H and O–H groups in total.